The van der Waals surface area contributed by atoms with E-state index in [1.54, 1.807) is 38.1 Å². The van der Waals surface area contributed by atoms with Gasteiger partial charge in [-0.2, -0.15) is 0 Å². The molecule has 1 aromatic heterocycles. The van der Waals surface area contributed by atoms with Crippen LogP contribution >= 0.6 is 11.6 Å². The minimum Gasteiger partial charge on any atom is -0.495 e. The lowest BCUT2D eigenvalue weighted by molar-refractivity contribution is -0.162. The summed E-state index contributed by atoms with van der Waals surface area (Å²) in [7, 11) is 9.45. The Hall–Kier alpha value is -6.64. The van der Waals surface area contributed by atoms with Gasteiger partial charge in [-0.3, -0.25) is 34.7 Å². The first-order chi connectivity index (χ1) is 38.9. The number of hydrogen-bond acceptors (Lipinski definition) is 17. The van der Waals surface area contributed by atoms with E-state index in [0.29, 0.717) is 30.9 Å². The minimum atomic E-state index is -1.91. The molecule has 82 heavy (non-hydrogen) atoms. The quantitative estimate of drug-likeness (QED) is 0.0478. The predicted octanol–water partition coefficient (Wildman–Crippen LogP) is 2.27. The first kappa shape index (κ1) is 64.5. The Kier molecular flexibility index (Phi) is 22.5. The fraction of sp³-hybridized carbons (Fsp3) is 0.561. The molecule has 3 aliphatic rings. The number of para-hydroxylation sites is 1. The largest absolute Gasteiger partial charge is 0.495 e. The van der Waals surface area contributed by atoms with Crippen molar-refractivity contribution in [2.75, 3.05) is 93.2 Å². The van der Waals surface area contributed by atoms with Crippen LogP contribution in [-0.2, 0) is 67.2 Å². The number of aliphatic hydroxyl groups is 3. The lowest BCUT2D eigenvalue weighted by atomic mass is 9.83. The van der Waals surface area contributed by atoms with Gasteiger partial charge >= 0.3 is 12.1 Å². The molecule has 3 aromatic rings. The van der Waals surface area contributed by atoms with E-state index in [-0.39, 0.29) is 43.9 Å². The molecule has 8 atom stereocenters. The topological polar surface area (TPSA) is 287 Å². The highest BCUT2D eigenvalue weighted by Gasteiger charge is 2.64. The van der Waals surface area contributed by atoms with E-state index in [1.165, 1.54) is 45.0 Å². The number of carbonyl (C=O) groups excluding carboxylic acids is 7. The van der Waals surface area contributed by atoms with E-state index >= 15 is 0 Å². The number of alkyl carbamates (subject to hydrolysis) is 1. The van der Waals surface area contributed by atoms with Gasteiger partial charge in [-0.05, 0) is 69.5 Å². The molecule has 6 N–H and O–H groups in total. The Morgan fingerprint density at radius 2 is 1.70 bits per heavy atom. The van der Waals surface area contributed by atoms with Gasteiger partial charge in [-0.15, -0.1) is 0 Å². The zero-order chi connectivity index (χ0) is 60.2. The summed E-state index contributed by atoms with van der Waals surface area (Å²) < 4.78 is 31.5. The van der Waals surface area contributed by atoms with Crippen molar-refractivity contribution in [3.05, 3.63) is 82.5 Å². The minimum absolute atomic E-state index is 0.0508. The lowest BCUT2D eigenvalue weighted by Crippen LogP contribution is -2.63. The average Bonchev–Trinajstić information content (AvgIpc) is 4.01. The number of esters is 1. The normalized spacial score (nSPS) is 23.2. The number of aliphatic hydroxyl groups excluding tert-OH is 2. The molecule has 3 aliphatic heterocycles. The number of nitrogens with one attached hydrogen (secondary N) is 3. The van der Waals surface area contributed by atoms with E-state index in [0.717, 1.165) is 37.5 Å². The number of fused-ring (bicyclic) bond motifs is 6. The summed E-state index contributed by atoms with van der Waals surface area (Å²) in [5.74, 6) is -4.08. The standard InChI is InChI=1S/C57H80ClN9O15/c1-35-14-13-17-45(79-10)57(77)31-44(80-55(76)61-57)36(2)53-56(4,82-53)46(30-49(72)64(8)42-27-38(26-35)28-43(78-9)52(42)58)81-54(75)37(3)63(7)48(71)19-20-65(22-24-68)51(74)34-66(23-25-69)50(73)32-60-47(70)18-21-67-40(33-62(6)59-5)29-39-15-11-12-16-41(39)67/h11-17,27-29,36-37,44-46,53,59,68-69,77H,18-26,30-34H2,1-10H3,(H,60,70)(H,61,76)/t36-,37+,44+,45-,46+,53+,56-,57+/m1/s1. The number of benzene rings is 2. The molecule has 0 aliphatic carbocycles. The van der Waals surface area contributed by atoms with Gasteiger partial charge in [0.05, 0.1) is 58.2 Å². The molecule has 6 amide bonds. The molecule has 6 rings (SSSR count). The maximum atomic E-state index is 14.5. The molecule has 0 radical (unpaired) electrons. The molecule has 0 saturated carbocycles. The van der Waals surface area contributed by atoms with Crippen LogP contribution in [0.25, 0.3) is 10.9 Å². The zero-order valence-corrected chi connectivity index (χ0v) is 49.2. The van der Waals surface area contributed by atoms with Gasteiger partial charge in [-0.1, -0.05) is 60.5 Å². The van der Waals surface area contributed by atoms with Gasteiger partial charge in [0.15, 0.2) is 5.72 Å². The number of nitrogens with zero attached hydrogens (tertiary/aromatic N) is 6. The number of hydrazine groups is 1. The van der Waals surface area contributed by atoms with Crippen molar-refractivity contribution in [2.45, 2.75) is 115 Å². The Bertz CT molecular complexity index is 2870. The summed E-state index contributed by atoms with van der Waals surface area (Å²) in [6, 6.07) is 12.1. The molecule has 0 unspecified atom stereocenters. The number of epoxide rings is 1. The molecule has 2 fully saturated rings. The van der Waals surface area contributed by atoms with E-state index in [4.69, 9.17) is 35.3 Å². The summed E-state index contributed by atoms with van der Waals surface area (Å²) in [6.07, 6.45) is -0.265. The predicted molar refractivity (Wildman–Crippen MR) is 303 cm³/mol. The molecule has 4 heterocycles. The third-order valence-electron chi connectivity index (χ3n) is 15.6. The number of allylic oxidation sites excluding steroid dienone is 3. The number of likely N-dealkylation sites (N-methyl/N-ethyl adjacent to an activating group) is 1. The number of halogens is 1. The van der Waals surface area contributed by atoms with Crippen LogP contribution < -0.4 is 25.7 Å². The van der Waals surface area contributed by atoms with Crippen LogP contribution in [0.1, 0.15) is 64.6 Å². The summed E-state index contributed by atoms with van der Waals surface area (Å²) in [4.78, 5) is 101. The van der Waals surface area contributed by atoms with Gasteiger partial charge in [0.1, 0.15) is 40.7 Å². The highest BCUT2D eigenvalue weighted by atomic mass is 35.5. The smallest absolute Gasteiger partial charge is 0.409 e. The van der Waals surface area contributed by atoms with E-state index in [1.807, 2.05) is 60.9 Å². The third kappa shape index (κ3) is 15.7. The highest BCUT2D eigenvalue weighted by molar-refractivity contribution is 6.35. The van der Waals surface area contributed by atoms with Crippen molar-refractivity contribution >= 4 is 69.8 Å². The maximum absolute atomic E-state index is 14.5. The summed E-state index contributed by atoms with van der Waals surface area (Å²) >= 11 is 6.83. The maximum Gasteiger partial charge on any atom is 0.409 e. The van der Waals surface area contributed by atoms with Gasteiger partial charge in [0, 0.05) is 90.8 Å². The molecule has 4 bridgehead atoms. The fourth-order valence-electron chi connectivity index (χ4n) is 10.4. The molecule has 0 spiro atoms. The second kappa shape index (κ2) is 28.6. The van der Waals surface area contributed by atoms with Gasteiger partial charge in [0.2, 0.25) is 29.5 Å². The number of amides is 6. The summed E-state index contributed by atoms with van der Waals surface area (Å²) in [6.45, 7) is 4.93. The Morgan fingerprint density at radius 3 is 2.38 bits per heavy atom. The number of hydrogen-bond donors (Lipinski definition) is 6. The Labute approximate surface area is 483 Å². The van der Waals surface area contributed by atoms with Gasteiger partial charge in [-0.25, -0.2) is 14.6 Å². The second-order valence-electron chi connectivity index (χ2n) is 21.2. The van der Waals surface area contributed by atoms with Crippen molar-refractivity contribution in [3.8, 4) is 5.75 Å². The molecule has 24 nitrogen and oxygen atoms in total. The number of aromatic nitrogens is 1. The molecule has 2 saturated heterocycles. The number of anilines is 1. The molecule has 2 aromatic carbocycles. The van der Waals surface area contributed by atoms with Crippen molar-refractivity contribution in [1.82, 2.24) is 40.3 Å². The van der Waals surface area contributed by atoms with E-state index in [2.05, 4.69) is 22.1 Å². The molecule has 450 valence electrons. The lowest BCUT2D eigenvalue weighted by Gasteiger charge is -2.42. The van der Waals surface area contributed by atoms with Crippen molar-refractivity contribution < 1.29 is 72.6 Å². The van der Waals surface area contributed by atoms with Gasteiger partial charge in [0.25, 0.3) is 0 Å². The molecular weight excluding hydrogens is 1090 g/mol. The van der Waals surface area contributed by atoms with Crippen LogP contribution in [0, 0.1) is 5.92 Å². The summed E-state index contributed by atoms with van der Waals surface area (Å²) in [5.41, 5.74) is 3.65. The van der Waals surface area contributed by atoms with Crippen molar-refractivity contribution in [3.63, 3.8) is 0 Å². The van der Waals surface area contributed by atoms with Crippen molar-refractivity contribution in [2.24, 2.45) is 5.92 Å². The van der Waals surface area contributed by atoms with E-state index in [9.17, 15) is 48.9 Å². The SMILES string of the molecule is CNN(C)Cc1cc2ccccc2n1CCC(=O)NCC(=O)N(CCO)CC(=O)N(CCO)CCC(=O)N(C)[C@@H](C)C(=O)O[C@H]1CC(=O)N(C)c2cc(cc(OC)c2Cl)CC(C)=CC=C[C@@H](OC)[C@@]2(O)C[C@H](OC(=O)N2)[C@@H](C)[C@@H]2O[C@]12C. The fourth-order valence-corrected chi connectivity index (χ4v) is 10.7. The number of methoxy groups -OCH3 is 2. The van der Waals surface area contributed by atoms with Crippen molar-refractivity contribution in [1.29, 1.82) is 0 Å². The number of aryl methyl sites for hydroxylation is 1. The second-order valence-corrected chi connectivity index (χ2v) is 21.6. The highest BCUT2D eigenvalue weighted by Crippen LogP contribution is 2.49. The Morgan fingerprint density at radius 1 is 0.988 bits per heavy atom. The number of rotatable bonds is 22. The van der Waals surface area contributed by atoms with Crippen LogP contribution in [0.4, 0.5) is 10.5 Å². The van der Waals surface area contributed by atoms with Crippen LogP contribution in [0.2, 0.25) is 5.02 Å². The van der Waals surface area contributed by atoms with Crippen LogP contribution in [0.3, 0.4) is 0 Å². The third-order valence-corrected chi connectivity index (χ3v) is 15.9. The van der Waals surface area contributed by atoms with E-state index < -0.39 is 122 Å². The number of carbonyl (C=O) groups is 7. The molecule has 25 heteroatoms. The molecular formula is C57H80ClN9O15. The average molecular weight is 1170 g/mol. The van der Waals surface area contributed by atoms with Crippen LogP contribution in [0.15, 0.2) is 66.3 Å². The van der Waals surface area contributed by atoms with Crippen LogP contribution in [-0.4, -0.2) is 211 Å². The summed E-state index contributed by atoms with van der Waals surface area (Å²) in [5, 5.41) is 39.9. The monoisotopic (exact) mass is 1170 g/mol. The van der Waals surface area contributed by atoms with Gasteiger partial charge < -0.3 is 68.5 Å². The zero-order valence-electron chi connectivity index (χ0n) is 48.4. The van der Waals surface area contributed by atoms with Crippen LogP contribution in [0.5, 0.6) is 5.75 Å². The Balaban J connectivity index is 1.12. The number of ether oxygens (including phenoxy) is 5. The first-order valence-corrected chi connectivity index (χ1v) is 27.6. The first-order valence-electron chi connectivity index (χ1n) is 27.3.